The fourth-order valence-corrected chi connectivity index (χ4v) is 4.82. The first kappa shape index (κ1) is 21.5. The van der Waals surface area contributed by atoms with Gasteiger partial charge in [0.15, 0.2) is 0 Å². The smallest absolute Gasteiger partial charge is 0.341 e. The topological polar surface area (TPSA) is 113 Å². The summed E-state index contributed by atoms with van der Waals surface area (Å²) in [7, 11) is 0. The van der Waals surface area contributed by atoms with E-state index < -0.39 is 22.9 Å². The van der Waals surface area contributed by atoms with E-state index in [1.807, 2.05) is 30.3 Å². The third-order valence-electron chi connectivity index (χ3n) is 6.27. The summed E-state index contributed by atoms with van der Waals surface area (Å²) in [5.41, 5.74) is 6.30. The summed E-state index contributed by atoms with van der Waals surface area (Å²) in [6.45, 7) is 3.78. The van der Waals surface area contributed by atoms with Crippen molar-refractivity contribution < 1.29 is 19.1 Å². The van der Waals surface area contributed by atoms with Crippen LogP contribution in [0.15, 0.2) is 76.9 Å². The number of nitrogens with two attached hydrogens (primary N) is 1. The van der Waals surface area contributed by atoms with Crippen LogP contribution in [-0.4, -0.2) is 23.1 Å². The minimum Gasteiger partial charge on any atom is -0.462 e. The number of nitrogens with zero attached hydrogens (tertiary/aromatic N) is 1. The van der Waals surface area contributed by atoms with Gasteiger partial charge in [-0.2, -0.15) is 0 Å². The molecule has 2 aromatic carbocycles. The van der Waals surface area contributed by atoms with E-state index in [1.54, 1.807) is 48.7 Å². The molecule has 0 fully saturated rings. The molecule has 34 heavy (non-hydrogen) atoms. The number of esters is 1. The Morgan fingerprint density at radius 1 is 1.12 bits per heavy atom. The average Bonchev–Trinajstić information content (AvgIpc) is 3.09. The molecule has 5 rings (SSSR count). The summed E-state index contributed by atoms with van der Waals surface area (Å²) in [6, 6.07) is 18.1. The number of carbonyl (C=O) groups excluding carboxylic acids is 2. The van der Waals surface area contributed by atoms with Gasteiger partial charge in [0.05, 0.1) is 18.7 Å². The van der Waals surface area contributed by atoms with Crippen LogP contribution in [0.5, 0.6) is 5.75 Å². The summed E-state index contributed by atoms with van der Waals surface area (Å²) in [5, 5.41) is 2.82. The van der Waals surface area contributed by atoms with Gasteiger partial charge in [-0.1, -0.05) is 48.5 Å². The van der Waals surface area contributed by atoms with Gasteiger partial charge in [0.1, 0.15) is 16.7 Å². The number of hydrogen-bond acceptors (Lipinski definition) is 6. The number of anilines is 1. The van der Waals surface area contributed by atoms with E-state index in [1.165, 1.54) is 0 Å². The van der Waals surface area contributed by atoms with E-state index in [2.05, 4.69) is 5.32 Å². The molecule has 172 valence electrons. The zero-order chi connectivity index (χ0) is 24.0. The van der Waals surface area contributed by atoms with Crippen LogP contribution < -0.4 is 21.3 Å². The Morgan fingerprint density at radius 2 is 1.82 bits per heavy atom. The zero-order valence-corrected chi connectivity index (χ0v) is 18.8. The van der Waals surface area contributed by atoms with Crippen LogP contribution in [-0.2, 0) is 26.3 Å². The second-order valence-corrected chi connectivity index (χ2v) is 8.21. The Labute approximate surface area is 195 Å². The monoisotopic (exact) mass is 457 g/mol. The predicted octanol–water partition coefficient (Wildman–Crippen LogP) is 2.57. The molecule has 3 aromatic rings. The van der Waals surface area contributed by atoms with Gasteiger partial charge in [0.25, 0.3) is 5.56 Å². The SMILES string of the molecule is CCOC(=O)C1=C(N)Oc2cc(C)n(Cc3ccccc3)c(=O)c2C12C(=O)Nc1ccccc12. The molecule has 1 spiro atoms. The number of aromatic nitrogens is 1. The fourth-order valence-electron chi connectivity index (χ4n) is 4.82. The molecule has 1 unspecified atom stereocenters. The molecule has 8 nitrogen and oxygen atoms in total. The number of para-hydroxylation sites is 1. The van der Waals surface area contributed by atoms with Crippen LogP contribution >= 0.6 is 0 Å². The molecule has 1 atom stereocenters. The van der Waals surface area contributed by atoms with E-state index in [0.717, 1.165) is 5.56 Å². The maximum absolute atomic E-state index is 14.1. The van der Waals surface area contributed by atoms with Crippen molar-refractivity contribution in [2.75, 3.05) is 11.9 Å². The van der Waals surface area contributed by atoms with Gasteiger partial charge in [0.2, 0.25) is 11.8 Å². The van der Waals surface area contributed by atoms with Gasteiger partial charge in [-0.3, -0.25) is 9.59 Å². The third-order valence-corrected chi connectivity index (χ3v) is 6.27. The molecular formula is C26H23N3O5. The number of aryl methyl sites for hydroxylation is 1. The normalized spacial score (nSPS) is 18.2. The first-order valence-electron chi connectivity index (χ1n) is 10.9. The molecule has 2 aliphatic heterocycles. The maximum Gasteiger partial charge on any atom is 0.341 e. The Kier molecular flexibility index (Phi) is 5.01. The van der Waals surface area contributed by atoms with Crippen LogP contribution in [0.4, 0.5) is 5.69 Å². The Balaban J connectivity index is 1.84. The lowest BCUT2D eigenvalue weighted by Gasteiger charge is -2.35. The lowest BCUT2D eigenvalue weighted by atomic mass is 9.68. The number of amides is 1. The highest BCUT2D eigenvalue weighted by Gasteiger charge is 2.60. The number of carbonyl (C=O) groups is 2. The van der Waals surface area contributed by atoms with Gasteiger partial charge < -0.3 is 25.1 Å². The zero-order valence-electron chi connectivity index (χ0n) is 18.8. The highest BCUT2D eigenvalue weighted by atomic mass is 16.5. The molecule has 1 aromatic heterocycles. The number of benzene rings is 2. The lowest BCUT2D eigenvalue weighted by Crippen LogP contribution is -2.50. The van der Waals surface area contributed by atoms with E-state index in [-0.39, 0.29) is 35.9 Å². The second-order valence-electron chi connectivity index (χ2n) is 8.21. The van der Waals surface area contributed by atoms with E-state index in [4.69, 9.17) is 15.2 Å². The summed E-state index contributed by atoms with van der Waals surface area (Å²) < 4.78 is 12.6. The molecule has 0 radical (unpaired) electrons. The molecule has 1 amide bonds. The van der Waals surface area contributed by atoms with Gasteiger partial charge >= 0.3 is 5.97 Å². The Hall–Kier alpha value is -4.33. The minimum absolute atomic E-state index is 0.0359. The van der Waals surface area contributed by atoms with Crippen molar-refractivity contribution in [3.05, 3.63) is 105 Å². The van der Waals surface area contributed by atoms with Gasteiger partial charge in [-0.15, -0.1) is 0 Å². The first-order valence-corrected chi connectivity index (χ1v) is 10.9. The van der Waals surface area contributed by atoms with E-state index >= 15 is 0 Å². The average molecular weight is 457 g/mol. The van der Waals surface area contributed by atoms with Crippen molar-refractivity contribution in [2.24, 2.45) is 5.73 Å². The Bertz CT molecular complexity index is 1420. The van der Waals surface area contributed by atoms with E-state index in [9.17, 15) is 14.4 Å². The number of fused-ring (bicyclic) bond motifs is 4. The highest BCUT2D eigenvalue weighted by molar-refractivity contribution is 6.17. The van der Waals surface area contributed by atoms with Crippen molar-refractivity contribution in [1.29, 1.82) is 0 Å². The summed E-state index contributed by atoms with van der Waals surface area (Å²) in [4.78, 5) is 41.0. The summed E-state index contributed by atoms with van der Waals surface area (Å²) in [5.74, 6) is -1.50. The van der Waals surface area contributed by atoms with Crippen molar-refractivity contribution in [3.63, 3.8) is 0 Å². The van der Waals surface area contributed by atoms with Crippen molar-refractivity contribution >= 4 is 17.6 Å². The van der Waals surface area contributed by atoms with Gasteiger partial charge in [0, 0.05) is 23.0 Å². The lowest BCUT2D eigenvalue weighted by molar-refractivity contribution is -0.140. The van der Waals surface area contributed by atoms with Crippen molar-refractivity contribution in [2.45, 2.75) is 25.8 Å². The standard InChI is InChI=1S/C26H23N3O5/c1-3-33-24(31)21-22(27)34-19-13-15(2)29(14-16-9-5-4-6-10-16)23(30)20(19)26(21)17-11-7-8-12-18(17)28-25(26)32/h4-13H,3,14,27H2,1-2H3,(H,28,32). The van der Waals surface area contributed by atoms with Gasteiger partial charge in [-0.05, 0) is 25.5 Å². The quantitative estimate of drug-likeness (QED) is 0.583. The molecule has 0 saturated heterocycles. The molecule has 2 aliphatic rings. The van der Waals surface area contributed by atoms with Crippen molar-refractivity contribution in [3.8, 4) is 5.75 Å². The first-order chi connectivity index (χ1) is 16.4. The minimum atomic E-state index is -1.80. The fraction of sp³-hybridized carbons (Fsp3) is 0.192. The molecular weight excluding hydrogens is 434 g/mol. The van der Waals surface area contributed by atoms with Crippen molar-refractivity contribution in [1.82, 2.24) is 4.57 Å². The number of ether oxygens (including phenoxy) is 2. The number of pyridine rings is 1. The Morgan fingerprint density at radius 3 is 2.56 bits per heavy atom. The van der Waals surface area contributed by atoms with Crippen LogP contribution in [0.2, 0.25) is 0 Å². The summed E-state index contributed by atoms with van der Waals surface area (Å²) >= 11 is 0. The van der Waals surface area contributed by atoms with Crippen LogP contribution in [0.3, 0.4) is 0 Å². The van der Waals surface area contributed by atoms with Crippen LogP contribution in [0, 0.1) is 6.92 Å². The molecule has 0 bridgehead atoms. The molecule has 0 saturated carbocycles. The molecule has 0 aliphatic carbocycles. The highest BCUT2D eigenvalue weighted by Crippen LogP contribution is 2.52. The van der Waals surface area contributed by atoms with Gasteiger partial charge in [-0.25, -0.2) is 4.79 Å². The number of rotatable bonds is 4. The molecule has 8 heteroatoms. The predicted molar refractivity (Wildman–Crippen MR) is 125 cm³/mol. The largest absolute Gasteiger partial charge is 0.462 e. The third kappa shape index (κ3) is 2.95. The van der Waals surface area contributed by atoms with E-state index in [0.29, 0.717) is 16.9 Å². The number of nitrogens with one attached hydrogen (secondary N) is 1. The van der Waals surface area contributed by atoms with Crippen LogP contribution in [0.25, 0.3) is 0 Å². The van der Waals surface area contributed by atoms with Crippen LogP contribution in [0.1, 0.15) is 29.3 Å². The summed E-state index contributed by atoms with van der Waals surface area (Å²) in [6.07, 6.45) is 0. The number of hydrogen-bond donors (Lipinski definition) is 2. The second kappa shape index (κ2) is 7.91. The molecule has 3 heterocycles. The maximum atomic E-state index is 14.1. The molecule has 3 N–H and O–H groups in total.